The molecule has 0 aliphatic rings. The summed E-state index contributed by atoms with van der Waals surface area (Å²) in [6, 6.07) is 6.73. The first kappa shape index (κ1) is 43.8. The monoisotopic (exact) mass is 850 g/mol. The van der Waals surface area contributed by atoms with Crippen LogP contribution in [0.1, 0.15) is 5.56 Å². The molecule has 23 heteroatoms. The van der Waals surface area contributed by atoms with Gasteiger partial charge in [-0.15, -0.1) is 21.9 Å². The van der Waals surface area contributed by atoms with Crippen molar-refractivity contribution in [3.63, 3.8) is 0 Å². The summed E-state index contributed by atoms with van der Waals surface area (Å²) in [5, 5.41) is 0. The first-order valence-corrected chi connectivity index (χ1v) is 16.6. The Bertz CT molecular complexity index is 2000. The summed E-state index contributed by atoms with van der Waals surface area (Å²) in [6.07, 6.45) is -2.85. The van der Waals surface area contributed by atoms with Crippen LogP contribution in [0.2, 0.25) is 0 Å². The van der Waals surface area contributed by atoms with Crippen LogP contribution in [0.3, 0.4) is 0 Å². The van der Waals surface area contributed by atoms with Gasteiger partial charge in [0.2, 0.25) is 0 Å². The fourth-order valence-electron chi connectivity index (χ4n) is 5.79. The van der Waals surface area contributed by atoms with Gasteiger partial charge in [-0.05, 0) is 23.0 Å². The van der Waals surface area contributed by atoms with Crippen LogP contribution in [-0.4, -0.2) is 18.7 Å². The summed E-state index contributed by atoms with van der Waals surface area (Å²) < 4.78 is 306. The highest BCUT2D eigenvalue weighted by Gasteiger charge is 2.52. The molecule has 0 spiro atoms. The van der Waals surface area contributed by atoms with Crippen molar-refractivity contribution in [1.29, 1.82) is 0 Å². The summed E-state index contributed by atoms with van der Waals surface area (Å²) in [6.45, 7) is 0. The number of benzene rings is 5. The van der Waals surface area contributed by atoms with Crippen LogP contribution in [0.25, 0.3) is 0 Å². The van der Waals surface area contributed by atoms with Crippen molar-refractivity contribution in [2.24, 2.45) is 0 Å². The molecule has 0 aromatic heterocycles. The molecule has 0 aliphatic carbocycles. The Labute approximate surface area is 301 Å². The summed E-state index contributed by atoms with van der Waals surface area (Å²) in [5.41, 5.74) is -13.1. The number of hydrogen-bond acceptors (Lipinski definition) is 0. The zero-order valence-corrected chi connectivity index (χ0v) is 27.8. The lowest BCUT2D eigenvalue weighted by molar-refractivity contribution is 0.378. The SMILES string of the molecule is C[S+](C)Cc1ccc(F)cc1.Fc1c(F)c(F)c([B-](c2c(F)c(F)c(F)c(F)c2F)(c2c(F)c(F)c(F)c(F)c2F)c2c(F)c(F)c(F)c(F)c2F)c(F)c1F. The van der Waals surface area contributed by atoms with Gasteiger partial charge < -0.3 is 0 Å². The van der Waals surface area contributed by atoms with E-state index in [1.807, 2.05) is 12.1 Å². The third-order valence-corrected chi connectivity index (χ3v) is 8.99. The lowest BCUT2D eigenvalue weighted by Gasteiger charge is -2.44. The highest BCUT2D eigenvalue weighted by Crippen LogP contribution is 2.30. The average Bonchev–Trinajstić information content (AvgIpc) is 3.15. The third kappa shape index (κ3) is 6.80. The van der Waals surface area contributed by atoms with Gasteiger partial charge in [0.05, 0.1) is 12.5 Å². The van der Waals surface area contributed by atoms with Crippen molar-refractivity contribution in [2.75, 3.05) is 12.5 Å². The van der Waals surface area contributed by atoms with E-state index >= 15 is 35.1 Å². The number of rotatable bonds is 6. The molecule has 0 atom stereocenters. The Morgan fingerprint density at radius 3 is 0.661 bits per heavy atom. The molecule has 56 heavy (non-hydrogen) atoms. The summed E-state index contributed by atoms with van der Waals surface area (Å²) in [7, 11) is 0.404. The molecule has 0 fully saturated rings. The van der Waals surface area contributed by atoms with Gasteiger partial charge in [-0.1, -0.05) is 12.1 Å². The Morgan fingerprint density at radius 1 is 0.304 bits per heavy atom. The molecule has 0 N–H and O–H groups in total. The Kier molecular flexibility index (Phi) is 12.4. The second kappa shape index (κ2) is 15.9. The van der Waals surface area contributed by atoms with E-state index in [4.69, 9.17) is 0 Å². The maximum atomic E-state index is 15.4. The molecule has 0 nitrogen and oxygen atoms in total. The van der Waals surface area contributed by atoms with E-state index in [2.05, 4.69) is 12.5 Å². The van der Waals surface area contributed by atoms with E-state index in [1.54, 1.807) is 0 Å². The average molecular weight is 850 g/mol. The normalized spacial score (nSPS) is 11.7. The number of halogens is 21. The smallest absolute Gasteiger partial charge is 0.200 e. The van der Waals surface area contributed by atoms with Crippen molar-refractivity contribution in [3.05, 3.63) is 152 Å². The molecule has 300 valence electrons. The van der Waals surface area contributed by atoms with Crippen molar-refractivity contribution in [1.82, 2.24) is 0 Å². The number of hydrogen-bond donors (Lipinski definition) is 0. The van der Waals surface area contributed by atoms with Crippen LogP contribution >= 0.6 is 0 Å². The van der Waals surface area contributed by atoms with Crippen LogP contribution in [-0.2, 0) is 16.6 Å². The van der Waals surface area contributed by atoms with Gasteiger partial charge in [-0.3, -0.25) is 0 Å². The fraction of sp³-hybridized carbons (Fsp3) is 0.0909. The highest BCUT2D eigenvalue weighted by molar-refractivity contribution is 7.94. The van der Waals surface area contributed by atoms with Crippen LogP contribution in [0.4, 0.5) is 92.2 Å². The molecule has 0 saturated carbocycles. The predicted octanol–water partition coefficient (Wildman–Crippen LogP) is 8.05. The third-order valence-electron chi connectivity index (χ3n) is 8.08. The minimum Gasteiger partial charge on any atom is -0.207 e. The van der Waals surface area contributed by atoms with Gasteiger partial charge in [0.15, 0.2) is 69.8 Å². The Morgan fingerprint density at radius 2 is 0.482 bits per heavy atom. The van der Waals surface area contributed by atoms with Gasteiger partial charge in [0, 0.05) is 5.56 Å². The molecule has 0 bridgehead atoms. The van der Waals surface area contributed by atoms with Gasteiger partial charge in [0.1, 0.15) is 64.3 Å². The van der Waals surface area contributed by atoms with Gasteiger partial charge in [-0.25, -0.2) is 92.2 Å². The van der Waals surface area contributed by atoms with Crippen LogP contribution < -0.4 is 21.9 Å². The summed E-state index contributed by atoms with van der Waals surface area (Å²) in [4.78, 5) is 0. The van der Waals surface area contributed by atoms with Crippen LogP contribution in [0.15, 0.2) is 24.3 Å². The molecule has 0 amide bonds. The maximum Gasteiger partial charge on any atom is 0.200 e. The van der Waals surface area contributed by atoms with Gasteiger partial charge >= 0.3 is 0 Å². The van der Waals surface area contributed by atoms with Crippen molar-refractivity contribution in [2.45, 2.75) is 5.75 Å². The van der Waals surface area contributed by atoms with E-state index in [9.17, 15) is 57.1 Å². The molecule has 5 rings (SSSR count). The van der Waals surface area contributed by atoms with Crippen molar-refractivity contribution >= 4 is 38.9 Å². The largest absolute Gasteiger partial charge is 0.207 e. The molecular weight excluding hydrogens is 838 g/mol. The minimum atomic E-state index is -7.22. The second-order valence-corrected chi connectivity index (χ2v) is 13.8. The molecule has 5 aromatic rings. The van der Waals surface area contributed by atoms with Gasteiger partial charge in [0.25, 0.3) is 0 Å². The molecule has 0 radical (unpaired) electrons. The molecule has 5 aromatic carbocycles. The Balaban J connectivity index is 0.000000544. The van der Waals surface area contributed by atoms with E-state index in [-0.39, 0.29) is 5.82 Å². The maximum absolute atomic E-state index is 15.4. The zero-order valence-electron chi connectivity index (χ0n) is 26.9. The van der Waals surface area contributed by atoms with E-state index in [0.717, 1.165) is 5.75 Å². The Hall–Kier alpha value is -4.96. The fourth-order valence-corrected chi connectivity index (χ4v) is 6.65. The first-order chi connectivity index (χ1) is 25.9. The first-order valence-electron chi connectivity index (χ1n) is 14.4. The van der Waals surface area contributed by atoms with Crippen LogP contribution in [0, 0.1) is 122 Å². The van der Waals surface area contributed by atoms with E-state index < -0.39 is 144 Å². The molecule has 0 saturated heterocycles. The quantitative estimate of drug-likeness (QED) is 0.0534. The molecule has 0 heterocycles. The predicted molar refractivity (Wildman–Crippen MR) is 159 cm³/mol. The molecule has 0 aliphatic heterocycles. The highest BCUT2D eigenvalue weighted by atomic mass is 32.2. The topological polar surface area (TPSA) is 0 Å². The van der Waals surface area contributed by atoms with E-state index in [1.165, 1.54) is 17.7 Å². The van der Waals surface area contributed by atoms with Crippen molar-refractivity contribution in [3.8, 4) is 0 Å². The summed E-state index contributed by atoms with van der Waals surface area (Å²) >= 11 is 0. The lowest BCUT2D eigenvalue weighted by atomic mass is 9.12. The van der Waals surface area contributed by atoms with E-state index in [0.29, 0.717) is 10.9 Å². The van der Waals surface area contributed by atoms with Gasteiger partial charge in [-0.2, -0.15) is 0 Å². The second-order valence-electron chi connectivity index (χ2n) is 11.6. The standard InChI is InChI=1S/C24BF20.C9H12FS/c26-5-1(6(27)14(35)21(42)13(5)34)25(2-7(28)15(36)22(43)16(37)8(2)29,3-9(30)17(38)23(44)18(39)10(3)31)4-11(32)19(40)24(45)20(41)12(4)33;1-11(2)7-8-3-5-9(10)6-4-8/h;3-6H,7H2,1-2H3/q-1;+1. The lowest BCUT2D eigenvalue weighted by Crippen LogP contribution is -2.81. The zero-order chi connectivity index (χ0) is 42.6. The van der Waals surface area contributed by atoms with Crippen molar-refractivity contribution < 1.29 is 92.2 Å². The van der Waals surface area contributed by atoms with Crippen LogP contribution in [0.5, 0.6) is 0 Å². The summed E-state index contributed by atoms with van der Waals surface area (Å²) in [5.74, 6) is -70.5. The molecular formula is C33H12BF21S. The minimum absolute atomic E-state index is 0.152. The molecule has 0 unspecified atom stereocenters.